The van der Waals surface area contributed by atoms with Crippen LogP contribution in [0.4, 0.5) is 0 Å². The largest absolute Gasteiger partial charge is 0.463 e. The summed E-state index contributed by atoms with van der Waals surface area (Å²) in [5.74, 6) is 0.802. The predicted molar refractivity (Wildman–Crippen MR) is 81.6 cm³/mol. The van der Waals surface area contributed by atoms with Crippen molar-refractivity contribution in [2.75, 3.05) is 0 Å². The van der Waals surface area contributed by atoms with Crippen molar-refractivity contribution in [2.24, 2.45) is 5.73 Å². The monoisotopic (exact) mass is 284 g/mol. The number of hydrogen-bond donors (Lipinski definition) is 1. The normalized spacial score (nSPS) is 12.5. The van der Waals surface area contributed by atoms with Crippen LogP contribution < -0.4 is 5.73 Å². The quantitative estimate of drug-likeness (QED) is 0.789. The van der Waals surface area contributed by atoms with E-state index in [0.717, 1.165) is 28.4 Å². The van der Waals surface area contributed by atoms with E-state index in [0.29, 0.717) is 0 Å². The fraction of sp³-hybridized carbons (Fsp3) is 0.188. The highest BCUT2D eigenvalue weighted by Gasteiger charge is 2.12. The van der Waals surface area contributed by atoms with Crippen molar-refractivity contribution in [2.45, 2.75) is 19.4 Å². The Bertz CT molecular complexity index is 671. The molecule has 3 rings (SSSR count). The Morgan fingerprint density at radius 1 is 1.25 bits per heavy atom. The van der Waals surface area contributed by atoms with E-state index >= 15 is 0 Å². The number of furan rings is 1. The Morgan fingerprint density at radius 3 is 2.75 bits per heavy atom. The average Bonchev–Trinajstić information content (AvgIpc) is 3.09. The topological polar surface area (TPSA) is 52.0 Å². The van der Waals surface area contributed by atoms with Gasteiger partial charge in [0.15, 0.2) is 5.76 Å². The maximum Gasteiger partial charge on any atom is 0.153 e. The fourth-order valence-electron chi connectivity index (χ4n) is 2.06. The Labute approximate surface area is 122 Å². The lowest BCUT2D eigenvalue weighted by molar-refractivity contribution is 0.580. The summed E-state index contributed by atoms with van der Waals surface area (Å²) < 4.78 is 5.35. The highest BCUT2D eigenvalue weighted by Crippen LogP contribution is 2.25. The molecule has 4 heteroatoms. The SMILES string of the molecule is Cc1ccc(C(N)Cc2nc(-c3ccco3)cs2)cc1. The van der Waals surface area contributed by atoms with E-state index in [2.05, 4.69) is 36.2 Å². The van der Waals surface area contributed by atoms with Gasteiger partial charge < -0.3 is 10.2 Å². The first-order valence-corrected chi connectivity index (χ1v) is 7.41. The van der Waals surface area contributed by atoms with Crippen molar-refractivity contribution in [3.8, 4) is 11.5 Å². The number of aryl methyl sites for hydroxylation is 1. The molecule has 1 unspecified atom stereocenters. The minimum atomic E-state index is -0.0220. The van der Waals surface area contributed by atoms with Gasteiger partial charge in [0, 0.05) is 17.8 Å². The smallest absolute Gasteiger partial charge is 0.153 e. The van der Waals surface area contributed by atoms with Gasteiger partial charge >= 0.3 is 0 Å². The van der Waals surface area contributed by atoms with Crippen LogP contribution in [0.3, 0.4) is 0 Å². The van der Waals surface area contributed by atoms with E-state index in [1.54, 1.807) is 17.6 Å². The molecule has 0 radical (unpaired) electrons. The fourth-order valence-corrected chi connectivity index (χ4v) is 2.91. The summed E-state index contributed by atoms with van der Waals surface area (Å²) in [6.45, 7) is 2.08. The lowest BCUT2D eigenvalue weighted by atomic mass is 10.0. The first-order chi connectivity index (χ1) is 9.72. The van der Waals surface area contributed by atoms with Crippen molar-refractivity contribution in [1.82, 2.24) is 4.98 Å². The second kappa shape index (κ2) is 5.61. The molecule has 1 aromatic carbocycles. The van der Waals surface area contributed by atoms with E-state index in [-0.39, 0.29) is 6.04 Å². The number of benzene rings is 1. The molecule has 2 heterocycles. The molecule has 3 nitrogen and oxygen atoms in total. The molecule has 0 saturated carbocycles. The van der Waals surface area contributed by atoms with Crippen LogP contribution in [0, 0.1) is 6.92 Å². The molecule has 2 aromatic heterocycles. The van der Waals surface area contributed by atoms with Gasteiger partial charge in [0.2, 0.25) is 0 Å². The summed E-state index contributed by atoms with van der Waals surface area (Å²) in [5, 5.41) is 3.04. The van der Waals surface area contributed by atoms with Gasteiger partial charge in [-0.2, -0.15) is 0 Å². The van der Waals surface area contributed by atoms with Gasteiger partial charge in [-0.15, -0.1) is 11.3 Å². The lowest BCUT2D eigenvalue weighted by Gasteiger charge is -2.10. The summed E-state index contributed by atoms with van der Waals surface area (Å²) in [6, 6.07) is 12.1. The molecule has 0 fully saturated rings. The summed E-state index contributed by atoms with van der Waals surface area (Å²) in [7, 11) is 0. The molecule has 0 aliphatic carbocycles. The van der Waals surface area contributed by atoms with Crippen LogP contribution in [0.1, 0.15) is 22.2 Å². The third-order valence-corrected chi connectivity index (χ3v) is 4.10. The van der Waals surface area contributed by atoms with E-state index in [4.69, 9.17) is 10.2 Å². The van der Waals surface area contributed by atoms with Crippen LogP contribution in [0.15, 0.2) is 52.5 Å². The maximum absolute atomic E-state index is 6.25. The minimum absolute atomic E-state index is 0.0220. The molecule has 3 aromatic rings. The summed E-state index contributed by atoms with van der Waals surface area (Å²) in [6.07, 6.45) is 2.40. The van der Waals surface area contributed by atoms with Gasteiger partial charge in [0.05, 0.1) is 11.3 Å². The molecule has 0 amide bonds. The molecule has 1 atom stereocenters. The molecule has 0 saturated heterocycles. The number of rotatable bonds is 4. The Hall–Kier alpha value is -1.91. The van der Waals surface area contributed by atoms with Crippen molar-refractivity contribution in [3.63, 3.8) is 0 Å². The third kappa shape index (κ3) is 2.81. The molecule has 2 N–H and O–H groups in total. The number of hydrogen-bond acceptors (Lipinski definition) is 4. The zero-order valence-corrected chi connectivity index (χ0v) is 12.1. The predicted octanol–water partition coefficient (Wildman–Crippen LogP) is 3.95. The maximum atomic E-state index is 6.25. The Morgan fingerprint density at radius 2 is 2.05 bits per heavy atom. The zero-order chi connectivity index (χ0) is 13.9. The van der Waals surface area contributed by atoms with Gasteiger partial charge in [-0.25, -0.2) is 4.98 Å². The van der Waals surface area contributed by atoms with Gasteiger partial charge in [0.25, 0.3) is 0 Å². The van der Waals surface area contributed by atoms with E-state index < -0.39 is 0 Å². The third-order valence-electron chi connectivity index (χ3n) is 3.23. The number of aromatic nitrogens is 1. The Balaban J connectivity index is 1.73. The summed E-state index contributed by atoms with van der Waals surface area (Å²) >= 11 is 1.62. The minimum Gasteiger partial charge on any atom is -0.463 e. The van der Waals surface area contributed by atoms with Crippen LogP contribution >= 0.6 is 11.3 Å². The van der Waals surface area contributed by atoms with Crippen LogP contribution in [0.5, 0.6) is 0 Å². The van der Waals surface area contributed by atoms with Crippen LogP contribution in [0.2, 0.25) is 0 Å². The second-order valence-electron chi connectivity index (χ2n) is 4.83. The van der Waals surface area contributed by atoms with Crippen molar-refractivity contribution >= 4 is 11.3 Å². The summed E-state index contributed by atoms with van der Waals surface area (Å²) in [5.41, 5.74) is 9.52. The van der Waals surface area contributed by atoms with Crippen LogP contribution in [-0.4, -0.2) is 4.98 Å². The van der Waals surface area contributed by atoms with E-state index in [1.165, 1.54) is 5.56 Å². The molecule has 0 aliphatic rings. The number of thiazole rings is 1. The van der Waals surface area contributed by atoms with Crippen molar-refractivity contribution in [3.05, 3.63) is 64.2 Å². The van der Waals surface area contributed by atoms with E-state index in [1.807, 2.05) is 17.5 Å². The van der Waals surface area contributed by atoms with Gasteiger partial charge in [0.1, 0.15) is 5.69 Å². The summed E-state index contributed by atoms with van der Waals surface area (Å²) in [4.78, 5) is 4.58. The van der Waals surface area contributed by atoms with Gasteiger partial charge in [-0.05, 0) is 24.6 Å². The molecule has 0 bridgehead atoms. The molecule has 102 valence electrons. The first kappa shape index (κ1) is 13.1. The van der Waals surface area contributed by atoms with Gasteiger partial charge in [-0.1, -0.05) is 29.8 Å². The Kier molecular flexibility index (Phi) is 3.67. The molecule has 0 aliphatic heterocycles. The zero-order valence-electron chi connectivity index (χ0n) is 11.2. The number of nitrogens with two attached hydrogens (primary N) is 1. The lowest BCUT2D eigenvalue weighted by Crippen LogP contribution is -2.13. The standard InChI is InChI=1S/C16H16N2OS/c1-11-4-6-12(7-5-11)13(17)9-16-18-14(10-20-16)15-3-2-8-19-15/h2-8,10,13H,9,17H2,1H3. The van der Waals surface area contributed by atoms with Crippen molar-refractivity contribution in [1.29, 1.82) is 0 Å². The molecule has 20 heavy (non-hydrogen) atoms. The highest BCUT2D eigenvalue weighted by molar-refractivity contribution is 7.09. The highest BCUT2D eigenvalue weighted by atomic mass is 32.1. The average molecular weight is 284 g/mol. The van der Waals surface area contributed by atoms with Crippen molar-refractivity contribution < 1.29 is 4.42 Å². The molecule has 0 spiro atoms. The number of nitrogens with zero attached hydrogens (tertiary/aromatic N) is 1. The molecular weight excluding hydrogens is 268 g/mol. The first-order valence-electron chi connectivity index (χ1n) is 6.53. The van der Waals surface area contributed by atoms with Crippen LogP contribution in [-0.2, 0) is 6.42 Å². The molecular formula is C16H16N2OS. The van der Waals surface area contributed by atoms with Gasteiger partial charge in [-0.3, -0.25) is 0 Å². The van der Waals surface area contributed by atoms with Crippen LogP contribution in [0.25, 0.3) is 11.5 Å². The van der Waals surface area contributed by atoms with E-state index in [9.17, 15) is 0 Å². The second-order valence-corrected chi connectivity index (χ2v) is 5.77.